The summed E-state index contributed by atoms with van der Waals surface area (Å²) in [5.41, 5.74) is 1.97. The van der Waals surface area contributed by atoms with E-state index in [0.717, 1.165) is 24.2 Å². The third-order valence-corrected chi connectivity index (χ3v) is 4.04. The molecule has 2 saturated heterocycles. The van der Waals surface area contributed by atoms with E-state index in [-0.39, 0.29) is 23.8 Å². The molecule has 2 heterocycles. The Morgan fingerprint density at radius 3 is 2.80 bits per heavy atom. The van der Waals surface area contributed by atoms with E-state index in [1.54, 1.807) is 0 Å². The van der Waals surface area contributed by atoms with Crippen molar-refractivity contribution in [2.45, 2.75) is 31.3 Å². The molecule has 0 aromatic heterocycles. The largest absolute Gasteiger partial charge is 0.391 e. The first-order chi connectivity index (χ1) is 9.63. The van der Waals surface area contributed by atoms with Gasteiger partial charge in [0.1, 0.15) is 0 Å². The fourth-order valence-electron chi connectivity index (χ4n) is 2.93. The Bertz CT molecular complexity index is 544. The Balaban J connectivity index is 1.80. The molecule has 2 amide bonds. The second kappa shape index (κ2) is 5.25. The summed E-state index contributed by atoms with van der Waals surface area (Å²) < 4.78 is 0. The van der Waals surface area contributed by atoms with Crippen LogP contribution in [0.2, 0.25) is 0 Å². The molecular weight excluding hydrogens is 256 g/mol. The Kier molecular flexibility index (Phi) is 3.44. The molecule has 5 heteroatoms. The van der Waals surface area contributed by atoms with Crippen molar-refractivity contribution >= 4 is 17.5 Å². The number of imide groups is 1. The number of aliphatic hydroxyl groups is 1. The van der Waals surface area contributed by atoms with Crippen LogP contribution in [0.5, 0.6) is 0 Å². The number of aliphatic hydroxyl groups excluding tert-OH is 1. The van der Waals surface area contributed by atoms with Crippen LogP contribution in [-0.2, 0) is 9.59 Å². The van der Waals surface area contributed by atoms with E-state index in [9.17, 15) is 14.7 Å². The molecule has 0 bridgehead atoms. The minimum absolute atomic E-state index is 0.190. The topological polar surface area (TPSA) is 69.6 Å². The van der Waals surface area contributed by atoms with Crippen molar-refractivity contribution in [3.8, 4) is 0 Å². The molecule has 1 aromatic rings. The highest BCUT2D eigenvalue weighted by atomic mass is 16.3. The van der Waals surface area contributed by atoms with Crippen molar-refractivity contribution in [2.24, 2.45) is 0 Å². The molecule has 106 valence electrons. The van der Waals surface area contributed by atoms with Crippen molar-refractivity contribution < 1.29 is 14.7 Å². The lowest BCUT2D eigenvalue weighted by Gasteiger charge is -2.23. The summed E-state index contributed by atoms with van der Waals surface area (Å²) in [6, 6.07) is 7.85. The molecule has 2 atom stereocenters. The van der Waals surface area contributed by atoms with Crippen LogP contribution in [0.25, 0.3) is 0 Å². The molecule has 20 heavy (non-hydrogen) atoms. The average Bonchev–Trinajstić information content (AvgIpc) is 2.86. The molecular formula is C15H18N2O3. The van der Waals surface area contributed by atoms with Crippen LogP contribution < -0.4 is 10.2 Å². The molecule has 0 spiro atoms. The fourth-order valence-corrected chi connectivity index (χ4v) is 2.93. The van der Waals surface area contributed by atoms with Gasteiger partial charge in [-0.1, -0.05) is 12.1 Å². The average molecular weight is 274 g/mol. The Labute approximate surface area is 117 Å². The summed E-state index contributed by atoms with van der Waals surface area (Å²) in [5.74, 6) is -0.648. The van der Waals surface area contributed by atoms with Crippen LogP contribution in [0.4, 0.5) is 5.69 Å². The zero-order valence-electron chi connectivity index (χ0n) is 11.2. The molecule has 2 unspecified atom stereocenters. The minimum atomic E-state index is -0.269. The van der Waals surface area contributed by atoms with Gasteiger partial charge in [-0.15, -0.1) is 0 Å². The van der Waals surface area contributed by atoms with E-state index in [1.165, 1.54) is 0 Å². The van der Waals surface area contributed by atoms with E-state index in [2.05, 4.69) is 10.2 Å². The van der Waals surface area contributed by atoms with Gasteiger partial charge in [-0.05, 0) is 30.5 Å². The first kappa shape index (κ1) is 13.1. The maximum atomic E-state index is 11.9. The van der Waals surface area contributed by atoms with Crippen LogP contribution in [0.1, 0.15) is 30.7 Å². The summed E-state index contributed by atoms with van der Waals surface area (Å²) in [4.78, 5) is 25.2. The van der Waals surface area contributed by atoms with Gasteiger partial charge in [0.15, 0.2) is 0 Å². The van der Waals surface area contributed by atoms with Crippen molar-refractivity contribution in [3.63, 3.8) is 0 Å². The van der Waals surface area contributed by atoms with Crippen LogP contribution >= 0.6 is 0 Å². The third-order valence-electron chi connectivity index (χ3n) is 4.04. The number of hydrogen-bond acceptors (Lipinski definition) is 4. The minimum Gasteiger partial charge on any atom is -0.391 e. The maximum absolute atomic E-state index is 11.9. The number of nitrogens with one attached hydrogen (secondary N) is 1. The third kappa shape index (κ3) is 2.54. The first-order valence-corrected chi connectivity index (χ1v) is 7.00. The molecule has 2 fully saturated rings. The van der Waals surface area contributed by atoms with E-state index in [0.29, 0.717) is 19.4 Å². The lowest BCUT2D eigenvalue weighted by molar-refractivity contribution is -0.134. The van der Waals surface area contributed by atoms with Crippen LogP contribution in [0.15, 0.2) is 24.3 Å². The molecule has 0 aliphatic carbocycles. The number of rotatable bonds is 2. The number of piperidine rings is 1. The van der Waals surface area contributed by atoms with Gasteiger partial charge in [0.05, 0.1) is 12.0 Å². The van der Waals surface area contributed by atoms with Crippen molar-refractivity contribution in [2.75, 3.05) is 18.0 Å². The molecule has 0 saturated carbocycles. The lowest BCUT2D eigenvalue weighted by Crippen LogP contribution is -2.39. The predicted molar refractivity (Wildman–Crippen MR) is 74.4 cm³/mol. The monoisotopic (exact) mass is 274 g/mol. The maximum Gasteiger partial charge on any atom is 0.234 e. The number of carbonyl (C=O) groups is 2. The quantitative estimate of drug-likeness (QED) is 0.782. The van der Waals surface area contributed by atoms with Gasteiger partial charge >= 0.3 is 0 Å². The molecule has 3 rings (SSSR count). The van der Waals surface area contributed by atoms with E-state index >= 15 is 0 Å². The van der Waals surface area contributed by atoms with E-state index in [1.807, 2.05) is 24.3 Å². The van der Waals surface area contributed by atoms with Crippen LogP contribution in [-0.4, -0.2) is 36.1 Å². The second-order valence-electron chi connectivity index (χ2n) is 5.49. The highest BCUT2D eigenvalue weighted by Crippen LogP contribution is 2.29. The van der Waals surface area contributed by atoms with Crippen LogP contribution in [0.3, 0.4) is 0 Å². The molecule has 5 nitrogen and oxygen atoms in total. The second-order valence-corrected chi connectivity index (χ2v) is 5.49. The summed E-state index contributed by atoms with van der Waals surface area (Å²) in [6.45, 7) is 1.47. The van der Waals surface area contributed by atoms with E-state index < -0.39 is 0 Å². The number of amides is 2. The summed E-state index contributed by atoms with van der Waals surface area (Å²) in [7, 11) is 0. The summed E-state index contributed by atoms with van der Waals surface area (Å²) >= 11 is 0. The zero-order valence-corrected chi connectivity index (χ0v) is 11.2. The SMILES string of the molecule is O=C1CCC(c2cccc(N3CCC(O)C3)c2)C(=O)N1. The van der Waals surface area contributed by atoms with Crippen molar-refractivity contribution in [1.29, 1.82) is 0 Å². The normalized spacial score (nSPS) is 26.8. The Morgan fingerprint density at radius 1 is 1.25 bits per heavy atom. The van der Waals surface area contributed by atoms with Gasteiger partial charge in [0.25, 0.3) is 0 Å². The highest BCUT2D eigenvalue weighted by molar-refractivity contribution is 6.01. The zero-order chi connectivity index (χ0) is 14.1. The number of carbonyl (C=O) groups excluding carboxylic acids is 2. The Hall–Kier alpha value is -1.88. The van der Waals surface area contributed by atoms with Gasteiger partial charge < -0.3 is 10.0 Å². The summed E-state index contributed by atoms with van der Waals surface area (Å²) in [5, 5.41) is 12.0. The standard InChI is InChI=1S/C15H18N2O3/c18-12-6-7-17(9-12)11-3-1-2-10(8-11)13-4-5-14(19)16-15(13)20/h1-3,8,12-13,18H,4-7,9H2,(H,16,19,20). The Morgan fingerprint density at radius 2 is 2.10 bits per heavy atom. The van der Waals surface area contributed by atoms with Gasteiger partial charge in [-0.2, -0.15) is 0 Å². The van der Waals surface area contributed by atoms with Gasteiger partial charge in [0, 0.05) is 25.2 Å². The molecule has 2 aliphatic rings. The number of benzene rings is 1. The van der Waals surface area contributed by atoms with Crippen molar-refractivity contribution in [3.05, 3.63) is 29.8 Å². The molecule has 2 N–H and O–H groups in total. The van der Waals surface area contributed by atoms with Gasteiger partial charge in [0.2, 0.25) is 11.8 Å². The smallest absolute Gasteiger partial charge is 0.234 e. The predicted octanol–water partition coefficient (Wildman–Crippen LogP) is 0.778. The first-order valence-electron chi connectivity index (χ1n) is 7.00. The number of β-amino-alcohol motifs (C(OH)–C–C–N with tert-alkyl or cyclic N) is 1. The molecule has 1 aromatic carbocycles. The number of nitrogens with zero attached hydrogens (tertiary/aromatic N) is 1. The lowest BCUT2D eigenvalue weighted by atomic mass is 9.90. The number of hydrogen-bond donors (Lipinski definition) is 2. The van der Waals surface area contributed by atoms with Crippen LogP contribution in [0, 0.1) is 0 Å². The van der Waals surface area contributed by atoms with Gasteiger partial charge in [-0.3, -0.25) is 14.9 Å². The summed E-state index contributed by atoms with van der Waals surface area (Å²) in [6.07, 6.45) is 1.47. The van der Waals surface area contributed by atoms with Crippen molar-refractivity contribution in [1.82, 2.24) is 5.32 Å². The van der Waals surface area contributed by atoms with Gasteiger partial charge in [-0.25, -0.2) is 0 Å². The highest BCUT2D eigenvalue weighted by Gasteiger charge is 2.28. The number of anilines is 1. The molecule has 2 aliphatic heterocycles. The molecule has 0 radical (unpaired) electrons. The van der Waals surface area contributed by atoms with E-state index in [4.69, 9.17) is 0 Å². The fraction of sp³-hybridized carbons (Fsp3) is 0.467.